The van der Waals surface area contributed by atoms with E-state index in [1.54, 1.807) is 13.1 Å². The number of guanidine groups is 1. The van der Waals surface area contributed by atoms with Gasteiger partial charge in [-0.1, -0.05) is 12.1 Å². The van der Waals surface area contributed by atoms with E-state index in [0.29, 0.717) is 17.0 Å². The number of nitrogens with zero attached hydrogens (tertiary/aromatic N) is 1. The van der Waals surface area contributed by atoms with E-state index in [9.17, 15) is 4.79 Å². The molecule has 2 rings (SSSR count). The Kier molecular flexibility index (Phi) is 9.41. The zero-order valence-electron chi connectivity index (χ0n) is 14.7. The van der Waals surface area contributed by atoms with Crippen LogP contribution in [-0.4, -0.2) is 42.6 Å². The number of carbonyl (C=O) groups is 1. The number of rotatable bonds is 7. The largest absolute Gasteiger partial charge is 0.484 e. The van der Waals surface area contributed by atoms with Crippen LogP contribution >= 0.6 is 35.7 Å². The number of ether oxygens (including phenoxy) is 1. The van der Waals surface area contributed by atoms with Gasteiger partial charge in [-0.25, -0.2) is 0 Å². The molecule has 1 aromatic carbocycles. The second-order valence-electron chi connectivity index (χ2n) is 6.08. The molecule has 1 atom stereocenters. The molecule has 1 unspecified atom stereocenters. The summed E-state index contributed by atoms with van der Waals surface area (Å²) >= 11 is 2.02. The number of benzene rings is 1. The molecule has 0 aliphatic carbocycles. The Bertz CT molecular complexity index is 592. The molecule has 1 heterocycles. The standard InChI is InChI=1S/C17H26N4O2S.HI/c1-17(7-4-8-24-17)12-21-16(19-2)20-10-13-5-3-6-14(9-13)23-11-15(18)22;/h3,5-6,9H,4,7-8,10-12H2,1-2H3,(H2,18,22)(H2,19,20,21);1H. The number of carbonyl (C=O) groups excluding carboxylic acids is 1. The van der Waals surface area contributed by atoms with Crippen LogP contribution in [-0.2, 0) is 11.3 Å². The van der Waals surface area contributed by atoms with Gasteiger partial charge in [0.15, 0.2) is 12.6 Å². The normalized spacial score (nSPS) is 19.8. The summed E-state index contributed by atoms with van der Waals surface area (Å²) in [5, 5.41) is 6.70. The lowest BCUT2D eigenvalue weighted by Gasteiger charge is -2.24. The van der Waals surface area contributed by atoms with Crippen molar-refractivity contribution in [2.45, 2.75) is 31.1 Å². The number of nitrogens with two attached hydrogens (primary N) is 1. The minimum absolute atomic E-state index is 0. The minimum Gasteiger partial charge on any atom is -0.484 e. The summed E-state index contributed by atoms with van der Waals surface area (Å²) in [4.78, 5) is 15.0. The number of thioether (sulfide) groups is 1. The highest BCUT2D eigenvalue weighted by molar-refractivity contribution is 14.0. The van der Waals surface area contributed by atoms with Crippen LogP contribution in [0.5, 0.6) is 5.75 Å². The molecule has 1 saturated heterocycles. The van der Waals surface area contributed by atoms with E-state index in [-0.39, 0.29) is 30.6 Å². The number of nitrogens with one attached hydrogen (secondary N) is 2. The zero-order valence-corrected chi connectivity index (χ0v) is 17.9. The predicted octanol–water partition coefficient (Wildman–Crippen LogP) is 2.12. The van der Waals surface area contributed by atoms with Crippen molar-refractivity contribution in [1.29, 1.82) is 0 Å². The first-order valence-electron chi connectivity index (χ1n) is 8.09. The molecule has 1 aromatic rings. The summed E-state index contributed by atoms with van der Waals surface area (Å²) in [6.07, 6.45) is 2.52. The lowest BCUT2D eigenvalue weighted by molar-refractivity contribution is -0.119. The summed E-state index contributed by atoms with van der Waals surface area (Å²) in [5.74, 6) is 2.17. The summed E-state index contributed by atoms with van der Waals surface area (Å²) in [6.45, 7) is 3.71. The van der Waals surface area contributed by atoms with Gasteiger partial charge in [-0.3, -0.25) is 9.79 Å². The van der Waals surface area contributed by atoms with E-state index in [4.69, 9.17) is 10.5 Å². The van der Waals surface area contributed by atoms with E-state index in [1.807, 2.05) is 30.0 Å². The van der Waals surface area contributed by atoms with E-state index in [0.717, 1.165) is 18.1 Å². The Balaban J connectivity index is 0.00000312. The van der Waals surface area contributed by atoms with Gasteiger partial charge < -0.3 is 21.1 Å². The zero-order chi connectivity index (χ0) is 17.4. The number of primary amides is 1. The van der Waals surface area contributed by atoms with Gasteiger partial charge in [0.1, 0.15) is 5.75 Å². The van der Waals surface area contributed by atoms with Crippen LogP contribution in [0.25, 0.3) is 0 Å². The topological polar surface area (TPSA) is 88.7 Å². The molecule has 1 amide bonds. The van der Waals surface area contributed by atoms with Gasteiger partial charge in [-0.15, -0.1) is 24.0 Å². The number of amides is 1. The van der Waals surface area contributed by atoms with Crippen LogP contribution in [0.15, 0.2) is 29.3 Å². The van der Waals surface area contributed by atoms with E-state index >= 15 is 0 Å². The minimum atomic E-state index is -0.485. The third kappa shape index (κ3) is 7.72. The molecule has 140 valence electrons. The van der Waals surface area contributed by atoms with Crippen LogP contribution < -0.4 is 21.1 Å². The van der Waals surface area contributed by atoms with Gasteiger partial charge in [0.05, 0.1) is 0 Å². The van der Waals surface area contributed by atoms with Gasteiger partial charge in [-0.05, 0) is 43.2 Å². The lowest BCUT2D eigenvalue weighted by Crippen LogP contribution is -2.43. The van der Waals surface area contributed by atoms with E-state index < -0.39 is 5.91 Å². The second-order valence-corrected chi connectivity index (χ2v) is 7.77. The molecule has 25 heavy (non-hydrogen) atoms. The van der Waals surface area contributed by atoms with Crippen molar-refractivity contribution >= 4 is 47.6 Å². The van der Waals surface area contributed by atoms with Crippen LogP contribution in [0.4, 0.5) is 0 Å². The average molecular weight is 478 g/mol. The fraction of sp³-hybridized carbons (Fsp3) is 0.529. The monoisotopic (exact) mass is 478 g/mol. The Hall–Kier alpha value is -1.16. The highest BCUT2D eigenvalue weighted by atomic mass is 127. The van der Waals surface area contributed by atoms with Crippen molar-refractivity contribution in [3.05, 3.63) is 29.8 Å². The third-order valence-electron chi connectivity index (χ3n) is 3.89. The van der Waals surface area contributed by atoms with Crippen molar-refractivity contribution in [1.82, 2.24) is 10.6 Å². The summed E-state index contributed by atoms with van der Waals surface area (Å²) in [7, 11) is 1.77. The Labute approximate surface area is 170 Å². The lowest BCUT2D eigenvalue weighted by atomic mass is 10.1. The number of aliphatic imine (C=N–C) groups is 1. The Morgan fingerprint density at radius 2 is 2.24 bits per heavy atom. The maximum atomic E-state index is 10.8. The van der Waals surface area contributed by atoms with Gasteiger partial charge >= 0.3 is 0 Å². The van der Waals surface area contributed by atoms with Crippen molar-refractivity contribution in [2.24, 2.45) is 10.7 Å². The number of halogens is 1. The Morgan fingerprint density at radius 3 is 2.88 bits per heavy atom. The van der Waals surface area contributed by atoms with Crippen molar-refractivity contribution < 1.29 is 9.53 Å². The van der Waals surface area contributed by atoms with Gasteiger partial charge in [-0.2, -0.15) is 11.8 Å². The molecule has 4 N–H and O–H groups in total. The molecular weight excluding hydrogens is 451 g/mol. The molecule has 6 nitrogen and oxygen atoms in total. The summed E-state index contributed by atoms with van der Waals surface area (Å²) < 4.78 is 5.61. The SMILES string of the molecule is CN=C(NCc1cccc(OCC(N)=O)c1)NCC1(C)CCCS1.I. The first-order chi connectivity index (χ1) is 11.5. The van der Waals surface area contributed by atoms with Gasteiger partial charge in [0, 0.05) is 24.9 Å². The first-order valence-corrected chi connectivity index (χ1v) is 9.08. The summed E-state index contributed by atoms with van der Waals surface area (Å²) in [5.41, 5.74) is 6.13. The smallest absolute Gasteiger partial charge is 0.255 e. The molecular formula is C17H27IN4O2S. The number of hydrogen-bond acceptors (Lipinski definition) is 4. The maximum absolute atomic E-state index is 10.8. The second kappa shape index (κ2) is 10.7. The molecule has 0 saturated carbocycles. The van der Waals surface area contributed by atoms with Crippen LogP contribution in [0.2, 0.25) is 0 Å². The quantitative estimate of drug-likeness (QED) is 0.318. The van der Waals surface area contributed by atoms with Gasteiger partial charge in [0.25, 0.3) is 5.91 Å². The van der Waals surface area contributed by atoms with E-state index in [2.05, 4.69) is 22.5 Å². The van der Waals surface area contributed by atoms with Crippen LogP contribution in [0, 0.1) is 0 Å². The number of hydrogen-bond donors (Lipinski definition) is 3. The first kappa shape index (κ1) is 21.9. The fourth-order valence-corrected chi connectivity index (χ4v) is 3.80. The van der Waals surface area contributed by atoms with Crippen LogP contribution in [0.1, 0.15) is 25.3 Å². The van der Waals surface area contributed by atoms with E-state index in [1.165, 1.54) is 18.6 Å². The van der Waals surface area contributed by atoms with Crippen molar-refractivity contribution in [2.75, 3.05) is 26.0 Å². The molecule has 1 aliphatic heterocycles. The fourth-order valence-electron chi connectivity index (χ4n) is 2.55. The predicted molar refractivity (Wildman–Crippen MR) is 115 cm³/mol. The molecule has 1 fully saturated rings. The molecule has 0 radical (unpaired) electrons. The Morgan fingerprint density at radius 1 is 1.44 bits per heavy atom. The average Bonchev–Trinajstić information content (AvgIpc) is 3.00. The highest BCUT2D eigenvalue weighted by Crippen LogP contribution is 2.36. The summed E-state index contributed by atoms with van der Waals surface area (Å²) in [6, 6.07) is 7.57. The van der Waals surface area contributed by atoms with Gasteiger partial charge in [0.2, 0.25) is 0 Å². The third-order valence-corrected chi connectivity index (χ3v) is 5.43. The highest BCUT2D eigenvalue weighted by Gasteiger charge is 2.29. The maximum Gasteiger partial charge on any atom is 0.255 e. The molecule has 0 bridgehead atoms. The van der Waals surface area contributed by atoms with Crippen molar-refractivity contribution in [3.63, 3.8) is 0 Å². The van der Waals surface area contributed by atoms with Crippen molar-refractivity contribution in [3.8, 4) is 5.75 Å². The molecule has 1 aliphatic rings. The molecule has 0 aromatic heterocycles. The molecule has 0 spiro atoms. The molecule has 8 heteroatoms. The van der Waals surface area contributed by atoms with Crippen LogP contribution in [0.3, 0.4) is 0 Å².